The number of hydrogen-bond acceptors (Lipinski definition) is 3. The maximum Gasteiger partial charge on any atom is 0.150 e. The van der Waals surface area contributed by atoms with Crippen molar-refractivity contribution in [3.8, 4) is 0 Å². The van der Waals surface area contributed by atoms with E-state index in [1.807, 2.05) is 19.1 Å². The summed E-state index contributed by atoms with van der Waals surface area (Å²) in [7, 11) is 0. The minimum atomic E-state index is -0.151. The zero-order valence-corrected chi connectivity index (χ0v) is 11.0. The Morgan fingerprint density at radius 1 is 1.42 bits per heavy atom. The standard InChI is InChI=1S/C15H17FN2O/c1-11-7-15(19-17-11)10-18-6-5-13(9-18)12-3-2-4-14(16)8-12/h2-4,7-8,13H,5-6,9-10H2,1H3. The van der Waals surface area contributed by atoms with E-state index < -0.39 is 0 Å². The summed E-state index contributed by atoms with van der Waals surface area (Å²) in [4.78, 5) is 2.33. The molecule has 0 saturated carbocycles. The molecule has 1 atom stereocenters. The maximum absolute atomic E-state index is 13.2. The lowest BCUT2D eigenvalue weighted by molar-refractivity contribution is 0.271. The third kappa shape index (κ3) is 2.84. The molecule has 3 rings (SSSR count). The molecule has 0 N–H and O–H groups in total. The molecule has 0 aliphatic carbocycles. The maximum atomic E-state index is 13.2. The Bertz CT molecular complexity index is 567. The molecule has 0 spiro atoms. The van der Waals surface area contributed by atoms with Gasteiger partial charge in [0.05, 0.1) is 12.2 Å². The second kappa shape index (κ2) is 5.13. The molecule has 100 valence electrons. The average molecular weight is 260 g/mol. The Morgan fingerprint density at radius 2 is 2.32 bits per heavy atom. The molecule has 1 unspecified atom stereocenters. The number of benzene rings is 1. The molecular weight excluding hydrogens is 243 g/mol. The van der Waals surface area contributed by atoms with Gasteiger partial charge in [0.1, 0.15) is 5.82 Å². The van der Waals surface area contributed by atoms with Crippen LogP contribution in [0.2, 0.25) is 0 Å². The zero-order valence-electron chi connectivity index (χ0n) is 11.0. The Labute approximate surface area is 112 Å². The molecule has 4 heteroatoms. The van der Waals surface area contributed by atoms with Crippen molar-refractivity contribution in [2.24, 2.45) is 0 Å². The van der Waals surface area contributed by atoms with Crippen LogP contribution in [0, 0.1) is 12.7 Å². The molecule has 1 aliphatic rings. The summed E-state index contributed by atoms with van der Waals surface area (Å²) in [5.74, 6) is 1.17. The van der Waals surface area contributed by atoms with Crippen molar-refractivity contribution in [3.05, 3.63) is 53.2 Å². The van der Waals surface area contributed by atoms with Gasteiger partial charge >= 0.3 is 0 Å². The topological polar surface area (TPSA) is 29.3 Å². The Balaban J connectivity index is 1.64. The summed E-state index contributed by atoms with van der Waals surface area (Å²) in [5.41, 5.74) is 2.01. The average Bonchev–Trinajstić information content (AvgIpc) is 2.99. The molecule has 1 aromatic heterocycles. The van der Waals surface area contributed by atoms with Gasteiger partial charge in [-0.05, 0) is 43.5 Å². The minimum Gasteiger partial charge on any atom is -0.360 e. The van der Waals surface area contributed by atoms with Crippen molar-refractivity contribution < 1.29 is 8.91 Å². The summed E-state index contributed by atoms with van der Waals surface area (Å²) in [6, 6.07) is 8.90. The summed E-state index contributed by atoms with van der Waals surface area (Å²) in [5, 5.41) is 3.90. The molecule has 0 radical (unpaired) electrons. The van der Waals surface area contributed by atoms with E-state index in [1.54, 1.807) is 12.1 Å². The van der Waals surface area contributed by atoms with E-state index in [0.29, 0.717) is 5.92 Å². The monoisotopic (exact) mass is 260 g/mol. The van der Waals surface area contributed by atoms with Crippen molar-refractivity contribution in [2.45, 2.75) is 25.8 Å². The molecular formula is C15H17FN2O. The Morgan fingerprint density at radius 3 is 3.05 bits per heavy atom. The van der Waals surface area contributed by atoms with E-state index >= 15 is 0 Å². The van der Waals surface area contributed by atoms with E-state index in [1.165, 1.54) is 6.07 Å². The normalized spacial score (nSPS) is 20.0. The minimum absolute atomic E-state index is 0.151. The molecule has 0 bridgehead atoms. The number of nitrogens with zero attached hydrogens (tertiary/aromatic N) is 2. The SMILES string of the molecule is Cc1cc(CN2CCC(c3cccc(F)c3)C2)on1. The van der Waals surface area contributed by atoms with Gasteiger partial charge in [-0.2, -0.15) is 0 Å². The van der Waals surface area contributed by atoms with E-state index in [9.17, 15) is 4.39 Å². The summed E-state index contributed by atoms with van der Waals surface area (Å²) >= 11 is 0. The molecule has 19 heavy (non-hydrogen) atoms. The number of likely N-dealkylation sites (tertiary alicyclic amines) is 1. The van der Waals surface area contributed by atoms with Crippen LogP contribution in [0.3, 0.4) is 0 Å². The number of aromatic nitrogens is 1. The van der Waals surface area contributed by atoms with Gasteiger partial charge < -0.3 is 4.52 Å². The molecule has 0 amide bonds. The van der Waals surface area contributed by atoms with Crippen LogP contribution in [0.1, 0.15) is 29.4 Å². The van der Waals surface area contributed by atoms with Gasteiger partial charge in [0, 0.05) is 12.6 Å². The first kappa shape index (κ1) is 12.4. The number of hydrogen-bond donors (Lipinski definition) is 0. The van der Waals surface area contributed by atoms with Crippen LogP contribution in [0.4, 0.5) is 4.39 Å². The molecule has 1 saturated heterocycles. The molecule has 1 aliphatic heterocycles. The molecule has 2 aromatic rings. The Kier molecular flexibility index (Phi) is 3.34. The highest BCUT2D eigenvalue weighted by molar-refractivity contribution is 5.22. The molecule has 2 heterocycles. The van der Waals surface area contributed by atoms with Gasteiger partial charge in [-0.25, -0.2) is 4.39 Å². The van der Waals surface area contributed by atoms with Crippen LogP contribution < -0.4 is 0 Å². The highest BCUT2D eigenvalue weighted by Crippen LogP contribution is 2.28. The van der Waals surface area contributed by atoms with Crippen molar-refractivity contribution in [1.82, 2.24) is 10.1 Å². The highest BCUT2D eigenvalue weighted by Gasteiger charge is 2.24. The van der Waals surface area contributed by atoms with E-state index in [0.717, 1.165) is 43.1 Å². The van der Waals surface area contributed by atoms with E-state index in [2.05, 4.69) is 10.1 Å². The number of aryl methyl sites for hydroxylation is 1. The third-order valence-corrected chi connectivity index (χ3v) is 3.65. The van der Waals surface area contributed by atoms with E-state index in [-0.39, 0.29) is 5.82 Å². The lowest BCUT2D eigenvalue weighted by Gasteiger charge is -2.14. The smallest absolute Gasteiger partial charge is 0.150 e. The fourth-order valence-electron chi connectivity index (χ4n) is 2.72. The first-order valence-electron chi connectivity index (χ1n) is 6.61. The van der Waals surface area contributed by atoms with Crippen LogP contribution in [0.15, 0.2) is 34.9 Å². The van der Waals surface area contributed by atoms with Crippen LogP contribution in [-0.4, -0.2) is 23.1 Å². The van der Waals surface area contributed by atoms with Gasteiger partial charge in [-0.15, -0.1) is 0 Å². The van der Waals surface area contributed by atoms with Crippen LogP contribution >= 0.6 is 0 Å². The van der Waals surface area contributed by atoms with Crippen molar-refractivity contribution in [2.75, 3.05) is 13.1 Å². The second-order valence-corrected chi connectivity index (χ2v) is 5.21. The van der Waals surface area contributed by atoms with Gasteiger partial charge in [0.25, 0.3) is 0 Å². The predicted molar refractivity (Wildman–Crippen MR) is 70.3 cm³/mol. The fourth-order valence-corrected chi connectivity index (χ4v) is 2.72. The summed E-state index contributed by atoms with van der Waals surface area (Å²) in [6.07, 6.45) is 1.07. The lowest BCUT2D eigenvalue weighted by Crippen LogP contribution is -2.19. The summed E-state index contributed by atoms with van der Waals surface area (Å²) in [6.45, 7) is 4.67. The predicted octanol–water partition coefficient (Wildman–Crippen LogP) is 3.11. The number of rotatable bonds is 3. The van der Waals surface area contributed by atoms with Crippen LogP contribution in [0.25, 0.3) is 0 Å². The van der Waals surface area contributed by atoms with Crippen molar-refractivity contribution >= 4 is 0 Å². The van der Waals surface area contributed by atoms with Crippen LogP contribution in [0.5, 0.6) is 0 Å². The molecule has 3 nitrogen and oxygen atoms in total. The second-order valence-electron chi connectivity index (χ2n) is 5.21. The fraction of sp³-hybridized carbons (Fsp3) is 0.400. The quantitative estimate of drug-likeness (QED) is 0.849. The highest BCUT2D eigenvalue weighted by atomic mass is 19.1. The Hall–Kier alpha value is -1.68. The summed E-state index contributed by atoms with van der Waals surface area (Å²) < 4.78 is 18.5. The largest absolute Gasteiger partial charge is 0.360 e. The first-order chi connectivity index (χ1) is 9.20. The van der Waals surface area contributed by atoms with Gasteiger partial charge in [-0.1, -0.05) is 17.3 Å². The molecule has 1 fully saturated rings. The van der Waals surface area contributed by atoms with E-state index in [4.69, 9.17) is 4.52 Å². The van der Waals surface area contributed by atoms with Crippen molar-refractivity contribution in [1.29, 1.82) is 0 Å². The number of halogens is 1. The third-order valence-electron chi connectivity index (χ3n) is 3.65. The van der Waals surface area contributed by atoms with Gasteiger partial charge in [0.2, 0.25) is 0 Å². The first-order valence-corrected chi connectivity index (χ1v) is 6.61. The molecule has 1 aromatic carbocycles. The van der Waals surface area contributed by atoms with Gasteiger partial charge in [-0.3, -0.25) is 4.90 Å². The zero-order chi connectivity index (χ0) is 13.2. The van der Waals surface area contributed by atoms with Crippen molar-refractivity contribution in [3.63, 3.8) is 0 Å². The lowest BCUT2D eigenvalue weighted by atomic mass is 9.98. The van der Waals surface area contributed by atoms with Gasteiger partial charge in [0.15, 0.2) is 5.76 Å². The van der Waals surface area contributed by atoms with Crippen LogP contribution in [-0.2, 0) is 6.54 Å².